The molecule has 0 radical (unpaired) electrons. The number of aromatic nitrogens is 3. The van der Waals surface area contributed by atoms with E-state index in [0.29, 0.717) is 37.4 Å². The molecule has 2 saturated heterocycles. The molecule has 64 heavy (non-hydrogen) atoms. The van der Waals surface area contributed by atoms with Crippen LogP contribution in [-0.2, 0) is 53.3 Å². The van der Waals surface area contributed by atoms with Crippen LogP contribution in [0.5, 0.6) is 0 Å². The molecular formula is C45H61N9O8S2. The molecule has 0 aliphatic carbocycles. The van der Waals surface area contributed by atoms with E-state index in [1.165, 1.54) is 40.2 Å². The van der Waals surface area contributed by atoms with Crippen LogP contribution in [0.1, 0.15) is 76.8 Å². The van der Waals surface area contributed by atoms with Gasteiger partial charge in [-0.2, -0.15) is 0 Å². The zero-order valence-electron chi connectivity index (χ0n) is 38.1. The number of aryl methyl sites for hydroxylation is 1. The molecule has 4 aromatic rings. The molecular weight excluding hydrogens is 859 g/mol. The average molecular weight is 920 g/mol. The van der Waals surface area contributed by atoms with Crippen LogP contribution >= 0.6 is 11.3 Å². The third-order valence-electron chi connectivity index (χ3n) is 12.6. The van der Waals surface area contributed by atoms with Crippen LogP contribution in [0.3, 0.4) is 0 Å². The van der Waals surface area contributed by atoms with Crippen molar-refractivity contribution >= 4 is 56.1 Å². The fourth-order valence-corrected chi connectivity index (χ4v) is 11.0. The van der Waals surface area contributed by atoms with E-state index in [9.17, 15) is 27.6 Å². The van der Waals surface area contributed by atoms with Gasteiger partial charge in [0.05, 0.1) is 34.8 Å². The molecule has 3 aliphatic heterocycles. The lowest BCUT2D eigenvalue weighted by molar-refractivity contribution is -0.155. The summed E-state index contributed by atoms with van der Waals surface area (Å²) in [5.74, 6) is -1.86. The van der Waals surface area contributed by atoms with Gasteiger partial charge in [-0.15, -0.1) is 11.3 Å². The average Bonchev–Trinajstić information content (AvgIpc) is 3.85. The number of rotatable bonds is 10. The van der Waals surface area contributed by atoms with Crippen molar-refractivity contribution in [1.29, 1.82) is 0 Å². The molecule has 6 bridgehead atoms. The Hall–Kier alpha value is -4.95. The number of ether oxygens (including phenoxy) is 2. The van der Waals surface area contributed by atoms with Gasteiger partial charge in [0, 0.05) is 85.8 Å². The van der Waals surface area contributed by atoms with Crippen molar-refractivity contribution in [1.82, 2.24) is 44.8 Å². The van der Waals surface area contributed by atoms with Gasteiger partial charge in [0.25, 0.3) is 5.91 Å². The van der Waals surface area contributed by atoms with Crippen LogP contribution < -0.4 is 15.5 Å². The molecule has 3 aromatic heterocycles. The quantitative estimate of drug-likeness (QED) is 0.189. The van der Waals surface area contributed by atoms with Crippen LogP contribution in [0.25, 0.3) is 33.4 Å². The number of hydrogen-bond donors (Lipinski definition) is 3. The van der Waals surface area contributed by atoms with E-state index in [0.717, 1.165) is 44.7 Å². The lowest BCUT2D eigenvalue weighted by atomic mass is 9.84. The molecule has 0 saturated carbocycles. The number of fused-ring (bicyclic) bond motifs is 6. The lowest BCUT2D eigenvalue weighted by Gasteiger charge is -2.42. The Kier molecular flexibility index (Phi) is 13.9. The van der Waals surface area contributed by atoms with Crippen LogP contribution in [-0.4, -0.2) is 132 Å². The monoisotopic (exact) mass is 919 g/mol. The molecule has 17 nitrogen and oxygen atoms in total. The Bertz CT molecular complexity index is 2510. The topological polar surface area (TPSA) is 197 Å². The third kappa shape index (κ3) is 9.40. The first-order valence-electron chi connectivity index (χ1n) is 21.9. The van der Waals surface area contributed by atoms with Gasteiger partial charge in [0.2, 0.25) is 15.9 Å². The van der Waals surface area contributed by atoms with Gasteiger partial charge >= 0.3 is 12.0 Å². The van der Waals surface area contributed by atoms with Crippen LogP contribution in [0.15, 0.2) is 41.9 Å². The summed E-state index contributed by atoms with van der Waals surface area (Å²) in [6, 6.07) is 6.91. The zero-order chi connectivity index (χ0) is 46.2. The molecule has 0 spiro atoms. The molecule has 4 atom stereocenters. The molecule has 346 valence electrons. The van der Waals surface area contributed by atoms with Gasteiger partial charge in [0.1, 0.15) is 23.4 Å². The molecule has 2 fully saturated rings. The van der Waals surface area contributed by atoms with Crippen LogP contribution in [0.2, 0.25) is 0 Å². The van der Waals surface area contributed by atoms with E-state index in [1.54, 1.807) is 27.2 Å². The Balaban J connectivity index is 1.26. The number of nitrogens with zero attached hydrogens (tertiary/aromatic N) is 6. The number of cyclic esters (lactones) is 1. The molecule has 3 aliphatic rings. The fraction of sp³-hybridized carbons (Fsp3) is 0.556. The maximum atomic E-state index is 14.5. The number of esters is 1. The number of likely N-dealkylation sites (tertiary alicyclic amines) is 1. The van der Waals surface area contributed by atoms with Gasteiger partial charge in [-0.3, -0.25) is 24.4 Å². The van der Waals surface area contributed by atoms with Crippen molar-refractivity contribution in [3.05, 3.63) is 58.2 Å². The minimum atomic E-state index is -3.56. The Morgan fingerprint density at radius 3 is 2.59 bits per heavy atom. The first-order chi connectivity index (χ1) is 30.4. The second kappa shape index (κ2) is 18.9. The van der Waals surface area contributed by atoms with Crippen molar-refractivity contribution in [2.24, 2.45) is 11.3 Å². The highest BCUT2D eigenvalue weighted by Gasteiger charge is 2.43. The summed E-state index contributed by atoms with van der Waals surface area (Å²) >= 11 is 1.38. The standard InChI is InChI=1S/C45H61N9O8S2/c1-10-53-36-16-15-28-19-31(36)32(40(53)30-13-11-17-47-38(30)27(4)61-9)21-45(5,6)25-62-43(57)33-14-12-18-54(50-33)42(56)34(20-37-48-35(28)24-63-37)49-41(55)39(26(2)3)51(8)44(58)52-22-29(23-52)64(59,60)46-7/h11,13,15-17,19,24,26-27,29,33-34,39,46,50H,10,12,14,18,20-23,25H2,1-9H3,(H,49,55)/t27-,33-,34-,39?/m0/s1. The summed E-state index contributed by atoms with van der Waals surface area (Å²) < 4.78 is 41.1. The normalized spacial score (nSPS) is 20.7. The number of nitrogens with one attached hydrogen (secondary N) is 3. The predicted molar refractivity (Wildman–Crippen MR) is 244 cm³/mol. The minimum absolute atomic E-state index is 0.00700. The van der Waals surface area contributed by atoms with E-state index in [2.05, 4.69) is 59.0 Å². The number of hydrazine groups is 1. The number of urea groups is 1. The third-order valence-corrected chi connectivity index (χ3v) is 15.2. The van der Waals surface area contributed by atoms with Gasteiger partial charge in [-0.25, -0.2) is 28.3 Å². The van der Waals surface area contributed by atoms with Crippen LogP contribution in [0, 0.1) is 11.3 Å². The highest BCUT2D eigenvalue weighted by molar-refractivity contribution is 7.90. The van der Waals surface area contributed by atoms with Crippen molar-refractivity contribution in [2.45, 2.75) is 103 Å². The summed E-state index contributed by atoms with van der Waals surface area (Å²) in [5, 5.41) is 7.19. The Morgan fingerprint density at radius 1 is 1.16 bits per heavy atom. The lowest BCUT2D eigenvalue weighted by Crippen LogP contribution is -2.65. The number of methoxy groups -OCH3 is 1. The maximum absolute atomic E-state index is 14.5. The van der Waals surface area contributed by atoms with E-state index in [-0.39, 0.29) is 38.1 Å². The van der Waals surface area contributed by atoms with Crippen molar-refractivity contribution in [2.75, 3.05) is 47.4 Å². The summed E-state index contributed by atoms with van der Waals surface area (Å²) in [6.45, 7) is 12.9. The summed E-state index contributed by atoms with van der Waals surface area (Å²) in [7, 11) is 0.949. The zero-order valence-corrected chi connectivity index (χ0v) is 39.8. The number of benzene rings is 1. The smallest absolute Gasteiger partial charge is 0.324 e. The van der Waals surface area contributed by atoms with E-state index >= 15 is 0 Å². The molecule has 4 amide bonds. The number of hydrogen-bond acceptors (Lipinski definition) is 12. The highest BCUT2D eigenvalue weighted by atomic mass is 32.2. The van der Waals surface area contributed by atoms with Gasteiger partial charge in [-0.1, -0.05) is 33.8 Å². The summed E-state index contributed by atoms with van der Waals surface area (Å²) in [4.78, 5) is 68.8. The van der Waals surface area contributed by atoms with Gasteiger partial charge in [0.15, 0.2) is 0 Å². The number of likely N-dealkylation sites (N-methyl/N-ethyl adjacent to an activating group) is 1. The van der Waals surface area contributed by atoms with Gasteiger partial charge in [-0.05, 0) is 75.9 Å². The molecule has 3 N–H and O–H groups in total. The molecule has 1 aromatic carbocycles. The van der Waals surface area contributed by atoms with Crippen molar-refractivity contribution in [3.63, 3.8) is 0 Å². The molecule has 19 heteroatoms. The SMILES string of the molecule is CCn1c(-c2cccnc2[C@H](C)OC)c2c3cc(ccc31)-c1csc(n1)C[C@H](NC(=O)C(C(C)C)N(C)C(=O)N1CC(S(=O)(=O)NC)C1)C(=O)N1CCC[C@H](N1)C(=O)OCC(C)(C)C2. The van der Waals surface area contributed by atoms with E-state index in [1.807, 2.05) is 24.4 Å². The first-order valence-corrected chi connectivity index (χ1v) is 24.4. The second-order valence-electron chi connectivity index (χ2n) is 18.1. The van der Waals surface area contributed by atoms with Crippen molar-refractivity contribution in [3.8, 4) is 22.5 Å². The number of carbonyl (C=O) groups is 4. The van der Waals surface area contributed by atoms with E-state index in [4.69, 9.17) is 19.4 Å². The molecule has 7 rings (SSSR count). The minimum Gasteiger partial charge on any atom is -0.464 e. The highest BCUT2D eigenvalue weighted by Crippen LogP contribution is 2.42. The molecule has 1 unspecified atom stereocenters. The van der Waals surface area contributed by atoms with Gasteiger partial charge < -0.3 is 29.2 Å². The predicted octanol–water partition coefficient (Wildman–Crippen LogP) is 4.51. The number of sulfonamides is 1. The largest absolute Gasteiger partial charge is 0.464 e. The second-order valence-corrected chi connectivity index (χ2v) is 21.2. The van der Waals surface area contributed by atoms with Crippen LogP contribution in [0.4, 0.5) is 4.79 Å². The fourth-order valence-electron chi connectivity index (χ4n) is 9.05. The number of carbonyl (C=O) groups excluding carboxylic acids is 4. The number of amides is 4. The summed E-state index contributed by atoms with van der Waals surface area (Å²) in [6.07, 6.45) is 3.09. The number of pyridine rings is 1. The first kappa shape index (κ1) is 47.0. The van der Waals surface area contributed by atoms with E-state index < -0.39 is 62.6 Å². The number of thiazole rings is 1. The molecule has 6 heterocycles. The maximum Gasteiger partial charge on any atom is 0.324 e. The van der Waals surface area contributed by atoms with Crippen molar-refractivity contribution < 1.29 is 37.1 Å². The Morgan fingerprint density at radius 2 is 1.91 bits per heavy atom. The summed E-state index contributed by atoms with van der Waals surface area (Å²) in [5.41, 5.74) is 9.12. The Labute approximate surface area is 379 Å².